The van der Waals surface area contributed by atoms with Crippen molar-refractivity contribution in [3.05, 3.63) is 41.0 Å². The number of hydrogen-bond acceptors (Lipinski definition) is 1. The second-order valence-electron chi connectivity index (χ2n) is 7.01. The van der Waals surface area contributed by atoms with Gasteiger partial charge in [0.2, 0.25) is 0 Å². The molecule has 2 rings (SSSR count). The summed E-state index contributed by atoms with van der Waals surface area (Å²) < 4.78 is 0. The Morgan fingerprint density at radius 1 is 1.05 bits per heavy atom. The minimum Gasteiger partial charge on any atom is -0.299 e. The highest BCUT2D eigenvalue weighted by Crippen LogP contribution is 2.46. The molecule has 0 saturated carbocycles. The monoisotopic (exact) mass is 256 g/mol. The van der Waals surface area contributed by atoms with Gasteiger partial charge in [0.05, 0.1) is 0 Å². The summed E-state index contributed by atoms with van der Waals surface area (Å²) in [5.41, 5.74) is 5.59. The molecule has 1 nitrogen and oxygen atoms in total. The Bertz CT molecular complexity index is 533. The normalized spacial score (nSPS) is 20.8. The van der Waals surface area contributed by atoms with Crippen molar-refractivity contribution in [2.75, 3.05) is 0 Å². The van der Waals surface area contributed by atoms with E-state index in [1.54, 1.807) is 6.08 Å². The fourth-order valence-corrected chi connectivity index (χ4v) is 3.03. The number of allylic oxidation sites excluding steroid dienone is 2. The maximum absolute atomic E-state index is 10.6. The summed E-state index contributed by atoms with van der Waals surface area (Å²) in [6, 6.07) is 6.69. The highest BCUT2D eigenvalue weighted by molar-refractivity contribution is 5.81. The predicted molar refractivity (Wildman–Crippen MR) is 81.4 cm³/mol. The van der Waals surface area contributed by atoms with Crippen LogP contribution in [0.3, 0.4) is 0 Å². The molecule has 0 amide bonds. The van der Waals surface area contributed by atoms with E-state index in [0.29, 0.717) is 0 Å². The van der Waals surface area contributed by atoms with Gasteiger partial charge in [0.1, 0.15) is 6.29 Å². The van der Waals surface area contributed by atoms with Crippen molar-refractivity contribution in [2.24, 2.45) is 0 Å². The molecule has 0 saturated heterocycles. The third-order valence-corrected chi connectivity index (χ3v) is 4.63. The van der Waals surface area contributed by atoms with Crippen LogP contribution in [0, 0.1) is 0 Å². The quantitative estimate of drug-likeness (QED) is 0.556. The Kier molecular flexibility index (Phi) is 3.42. The molecule has 1 aromatic rings. The van der Waals surface area contributed by atoms with E-state index in [0.717, 1.165) is 17.4 Å². The lowest BCUT2D eigenvalue weighted by atomic mass is 9.63. The summed E-state index contributed by atoms with van der Waals surface area (Å²) in [6.07, 6.45) is 4.95. The van der Waals surface area contributed by atoms with Gasteiger partial charge >= 0.3 is 0 Å². The lowest BCUT2D eigenvalue weighted by molar-refractivity contribution is -0.104. The fourth-order valence-electron chi connectivity index (χ4n) is 3.03. The van der Waals surface area contributed by atoms with E-state index in [2.05, 4.69) is 45.9 Å². The highest BCUT2D eigenvalue weighted by Gasteiger charge is 2.36. The fraction of sp³-hybridized carbons (Fsp3) is 0.500. The lowest BCUT2D eigenvalue weighted by Gasteiger charge is -2.42. The Labute approximate surface area is 116 Å². The molecule has 0 aliphatic heterocycles. The molecule has 0 aromatic heterocycles. The van der Waals surface area contributed by atoms with Crippen LogP contribution in [0.4, 0.5) is 0 Å². The first kappa shape index (κ1) is 14.0. The van der Waals surface area contributed by atoms with Gasteiger partial charge in [-0.25, -0.2) is 0 Å². The van der Waals surface area contributed by atoms with Gasteiger partial charge in [-0.2, -0.15) is 0 Å². The second kappa shape index (κ2) is 4.63. The zero-order chi connectivity index (χ0) is 14.3. The van der Waals surface area contributed by atoms with Gasteiger partial charge in [0, 0.05) is 0 Å². The number of aldehydes is 1. The SMILES string of the molecule is CC(=CC=O)c1ccc2c(c1)C(C)(C)CCC2(C)C. The standard InChI is InChI=1S/C18H24O/c1-13(8-11-19)14-6-7-15-16(12-14)18(4,5)10-9-17(15,2)3/h6-8,11-12H,9-10H2,1-5H3. The number of fused-ring (bicyclic) bond motifs is 1. The lowest BCUT2D eigenvalue weighted by Crippen LogP contribution is -2.33. The average Bonchev–Trinajstić information content (AvgIpc) is 2.35. The maximum Gasteiger partial charge on any atom is 0.143 e. The van der Waals surface area contributed by atoms with Crippen molar-refractivity contribution in [2.45, 2.75) is 58.3 Å². The summed E-state index contributed by atoms with van der Waals surface area (Å²) in [5.74, 6) is 0. The topological polar surface area (TPSA) is 17.1 Å². The summed E-state index contributed by atoms with van der Waals surface area (Å²) >= 11 is 0. The molecule has 0 unspecified atom stereocenters. The van der Waals surface area contributed by atoms with Crippen LogP contribution in [0.2, 0.25) is 0 Å². The largest absolute Gasteiger partial charge is 0.299 e. The van der Waals surface area contributed by atoms with Crippen LogP contribution >= 0.6 is 0 Å². The molecule has 0 radical (unpaired) electrons. The van der Waals surface area contributed by atoms with Gasteiger partial charge in [0.15, 0.2) is 0 Å². The second-order valence-corrected chi connectivity index (χ2v) is 7.01. The van der Waals surface area contributed by atoms with Crippen molar-refractivity contribution in [1.29, 1.82) is 0 Å². The van der Waals surface area contributed by atoms with E-state index in [1.807, 2.05) is 6.92 Å². The first-order valence-corrected chi connectivity index (χ1v) is 7.05. The minimum absolute atomic E-state index is 0.225. The summed E-state index contributed by atoms with van der Waals surface area (Å²) in [6.45, 7) is 11.3. The van der Waals surface area contributed by atoms with Crippen LogP contribution in [0.5, 0.6) is 0 Å². The van der Waals surface area contributed by atoms with Crippen LogP contribution in [-0.2, 0) is 15.6 Å². The van der Waals surface area contributed by atoms with E-state index < -0.39 is 0 Å². The van der Waals surface area contributed by atoms with Crippen LogP contribution in [0.15, 0.2) is 24.3 Å². The molecule has 0 atom stereocenters. The highest BCUT2D eigenvalue weighted by atomic mass is 16.1. The van der Waals surface area contributed by atoms with Crippen LogP contribution in [-0.4, -0.2) is 6.29 Å². The molecule has 0 fully saturated rings. The Morgan fingerprint density at radius 2 is 1.63 bits per heavy atom. The van der Waals surface area contributed by atoms with Gasteiger partial charge in [-0.1, -0.05) is 45.9 Å². The van der Waals surface area contributed by atoms with Crippen molar-refractivity contribution in [3.63, 3.8) is 0 Å². The van der Waals surface area contributed by atoms with Crippen molar-refractivity contribution in [1.82, 2.24) is 0 Å². The molecule has 1 heteroatoms. The zero-order valence-electron chi connectivity index (χ0n) is 12.7. The van der Waals surface area contributed by atoms with Crippen molar-refractivity contribution < 1.29 is 4.79 Å². The Hall–Kier alpha value is -1.37. The van der Waals surface area contributed by atoms with Gasteiger partial charge < -0.3 is 0 Å². The molecule has 0 spiro atoms. The number of carbonyl (C=O) groups is 1. The van der Waals surface area contributed by atoms with E-state index in [-0.39, 0.29) is 10.8 Å². The number of rotatable bonds is 2. The van der Waals surface area contributed by atoms with Crippen molar-refractivity contribution >= 4 is 11.9 Å². The van der Waals surface area contributed by atoms with E-state index >= 15 is 0 Å². The minimum atomic E-state index is 0.225. The number of hydrogen-bond donors (Lipinski definition) is 0. The Balaban J connectivity index is 2.60. The first-order valence-electron chi connectivity index (χ1n) is 7.05. The molecule has 1 aromatic carbocycles. The van der Waals surface area contributed by atoms with E-state index in [4.69, 9.17) is 0 Å². The van der Waals surface area contributed by atoms with Gasteiger partial charge in [-0.05, 0) is 58.9 Å². The molecule has 1 aliphatic carbocycles. The first-order chi connectivity index (χ1) is 8.78. The zero-order valence-corrected chi connectivity index (χ0v) is 12.7. The molecule has 0 N–H and O–H groups in total. The third kappa shape index (κ3) is 2.51. The van der Waals surface area contributed by atoms with Crippen LogP contribution < -0.4 is 0 Å². The number of benzene rings is 1. The molecular weight excluding hydrogens is 232 g/mol. The van der Waals surface area contributed by atoms with Gasteiger partial charge in [-0.15, -0.1) is 0 Å². The Morgan fingerprint density at radius 3 is 2.21 bits per heavy atom. The van der Waals surface area contributed by atoms with Crippen LogP contribution in [0.25, 0.3) is 5.57 Å². The molecular formula is C18H24O. The predicted octanol–water partition coefficient (Wildman–Crippen LogP) is 4.64. The maximum atomic E-state index is 10.6. The molecule has 1 aliphatic rings. The van der Waals surface area contributed by atoms with E-state index in [1.165, 1.54) is 24.0 Å². The molecule has 102 valence electrons. The molecule has 19 heavy (non-hydrogen) atoms. The van der Waals surface area contributed by atoms with Gasteiger partial charge in [0.25, 0.3) is 0 Å². The summed E-state index contributed by atoms with van der Waals surface area (Å²) in [7, 11) is 0. The summed E-state index contributed by atoms with van der Waals surface area (Å²) in [5, 5.41) is 0. The third-order valence-electron chi connectivity index (χ3n) is 4.63. The van der Waals surface area contributed by atoms with Crippen LogP contribution in [0.1, 0.15) is 64.2 Å². The van der Waals surface area contributed by atoms with Crippen molar-refractivity contribution in [3.8, 4) is 0 Å². The smallest absolute Gasteiger partial charge is 0.143 e. The molecule has 0 heterocycles. The summed E-state index contributed by atoms with van der Waals surface area (Å²) in [4.78, 5) is 10.6. The average molecular weight is 256 g/mol. The van der Waals surface area contributed by atoms with E-state index in [9.17, 15) is 4.79 Å². The number of carbonyl (C=O) groups excluding carboxylic acids is 1. The molecule has 0 bridgehead atoms. The van der Waals surface area contributed by atoms with Gasteiger partial charge in [-0.3, -0.25) is 4.79 Å².